The molecule has 0 radical (unpaired) electrons. The van der Waals surface area contributed by atoms with Crippen molar-refractivity contribution in [3.63, 3.8) is 0 Å². The number of hydrogen-bond donors (Lipinski definition) is 1. The fourth-order valence-electron chi connectivity index (χ4n) is 2.89. The second-order valence-electron chi connectivity index (χ2n) is 5.43. The maximum atomic E-state index is 12.8. The van der Waals surface area contributed by atoms with Gasteiger partial charge in [-0.05, 0) is 42.5 Å². The molecule has 0 bridgehead atoms. The molecule has 5 heteroatoms. The van der Waals surface area contributed by atoms with Crippen LogP contribution in [0.3, 0.4) is 0 Å². The number of anilines is 1. The van der Waals surface area contributed by atoms with Gasteiger partial charge in [0.2, 0.25) is 5.91 Å². The monoisotopic (exact) mass is 314 g/mol. The smallest absolute Gasteiger partial charge is 0.254 e. The number of likely N-dealkylation sites (tertiary alicyclic amines) is 1. The molecule has 22 heavy (non-hydrogen) atoms. The maximum Gasteiger partial charge on any atom is 0.254 e. The molecule has 1 fully saturated rings. The number of carbonyl (C=O) groups excluding carboxylic acids is 2. The fourth-order valence-corrected chi connectivity index (χ4v) is 3.76. The van der Waals surface area contributed by atoms with Crippen molar-refractivity contribution in [3.05, 3.63) is 52.2 Å². The van der Waals surface area contributed by atoms with Gasteiger partial charge in [-0.15, -0.1) is 11.3 Å². The number of thiophene rings is 1. The molecule has 3 rings (SSSR count). The predicted molar refractivity (Wildman–Crippen MR) is 88.1 cm³/mol. The summed E-state index contributed by atoms with van der Waals surface area (Å²) in [6, 6.07) is 11.4. The average molecular weight is 314 g/mol. The Labute approximate surface area is 133 Å². The van der Waals surface area contributed by atoms with Crippen molar-refractivity contribution in [3.8, 4) is 0 Å². The Morgan fingerprint density at radius 2 is 2.14 bits per heavy atom. The van der Waals surface area contributed by atoms with Gasteiger partial charge in [-0.25, -0.2) is 0 Å². The minimum absolute atomic E-state index is 0.0307. The van der Waals surface area contributed by atoms with Gasteiger partial charge in [0.15, 0.2) is 0 Å². The second kappa shape index (κ2) is 6.32. The van der Waals surface area contributed by atoms with Crippen LogP contribution in [0.4, 0.5) is 5.69 Å². The molecule has 1 saturated heterocycles. The Balaban J connectivity index is 1.82. The van der Waals surface area contributed by atoms with E-state index in [1.54, 1.807) is 35.6 Å². The summed E-state index contributed by atoms with van der Waals surface area (Å²) in [6.45, 7) is 2.24. The number of benzene rings is 1. The van der Waals surface area contributed by atoms with Gasteiger partial charge in [-0.2, -0.15) is 0 Å². The first-order valence-electron chi connectivity index (χ1n) is 7.37. The topological polar surface area (TPSA) is 49.4 Å². The molecule has 2 heterocycles. The Kier molecular flexibility index (Phi) is 4.24. The van der Waals surface area contributed by atoms with Crippen molar-refractivity contribution >= 4 is 28.8 Å². The summed E-state index contributed by atoms with van der Waals surface area (Å²) in [5, 5.41) is 4.77. The standard InChI is InChI=1S/C17H18N2O2S/c1-12(20)18-14-6-2-5-13(11-14)17(21)19-9-3-7-15(19)16-8-4-10-22-16/h2,4-6,8,10-11,15H,3,7,9H2,1H3,(H,18,20). The van der Waals surface area contributed by atoms with Gasteiger partial charge in [-0.1, -0.05) is 12.1 Å². The molecular formula is C17H18N2O2S. The summed E-state index contributed by atoms with van der Waals surface area (Å²) in [5.74, 6) is -0.106. The molecule has 1 aromatic heterocycles. The molecule has 0 aliphatic carbocycles. The van der Waals surface area contributed by atoms with Crippen LogP contribution in [0.2, 0.25) is 0 Å². The van der Waals surface area contributed by atoms with Gasteiger partial charge in [-0.3, -0.25) is 9.59 Å². The molecular weight excluding hydrogens is 296 g/mol. The first-order chi connectivity index (χ1) is 10.6. The quantitative estimate of drug-likeness (QED) is 0.939. The molecule has 1 atom stereocenters. The third-order valence-electron chi connectivity index (χ3n) is 3.82. The van der Waals surface area contributed by atoms with E-state index in [9.17, 15) is 9.59 Å². The van der Waals surface area contributed by atoms with Gasteiger partial charge in [0, 0.05) is 29.6 Å². The van der Waals surface area contributed by atoms with Crippen LogP contribution in [-0.2, 0) is 4.79 Å². The predicted octanol–water partition coefficient (Wildman–Crippen LogP) is 3.68. The zero-order chi connectivity index (χ0) is 15.5. The normalized spacial score (nSPS) is 17.5. The largest absolute Gasteiger partial charge is 0.331 e. The Hall–Kier alpha value is -2.14. The summed E-state index contributed by atoms with van der Waals surface area (Å²) < 4.78 is 0. The van der Waals surface area contributed by atoms with Crippen molar-refractivity contribution in [2.45, 2.75) is 25.8 Å². The van der Waals surface area contributed by atoms with E-state index < -0.39 is 0 Å². The molecule has 1 aliphatic rings. The summed E-state index contributed by atoms with van der Waals surface area (Å²) in [7, 11) is 0. The third-order valence-corrected chi connectivity index (χ3v) is 4.79. The fraction of sp³-hybridized carbons (Fsp3) is 0.294. The number of hydrogen-bond acceptors (Lipinski definition) is 3. The van der Waals surface area contributed by atoms with Crippen LogP contribution >= 0.6 is 11.3 Å². The zero-order valence-electron chi connectivity index (χ0n) is 12.4. The van der Waals surface area contributed by atoms with E-state index in [4.69, 9.17) is 0 Å². The van der Waals surface area contributed by atoms with Gasteiger partial charge >= 0.3 is 0 Å². The highest BCUT2D eigenvalue weighted by molar-refractivity contribution is 7.10. The average Bonchev–Trinajstić information content (AvgIpc) is 3.16. The van der Waals surface area contributed by atoms with Crippen LogP contribution in [0.5, 0.6) is 0 Å². The molecule has 1 aromatic carbocycles. The van der Waals surface area contributed by atoms with Crippen LogP contribution in [0.25, 0.3) is 0 Å². The number of nitrogens with zero attached hydrogens (tertiary/aromatic N) is 1. The first-order valence-corrected chi connectivity index (χ1v) is 8.25. The third kappa shape index (κ3) is 3.04. The van der Waals surface area contributed by atoms with Crippen molar-refractivity contribution in [2.75, 3.05) is 11.9 Å². The highest BCUT2D eigenvalue weighted by Gasteiger charge is 2.31. The highest BCUT2D eigenvalue weighted by atomic mass is 32.1. The minimum atomic E-state index is -0.137. The van der Waals surface area contributed by atoms with E-state index in [2.05, 4.69) is 11.4 Å². The highest BCUT2D eigenvalue weighted by Crippen LogP contribution is 2.35. The van der Waals surface area contributed by atoms with Crippen molar-refractivity contribution < 1.29 is 9.59 Å². The van der Waals surface area contributed by atoms with Crippen molar-refractivity contribution in [1.29, 1.82) is 0 Å². The molecule has 4 nitrogen and oxygen atoms in total. The minimum Gasteiger partial charge on any atom is -0.331 e. The molecule has 0 spiro atoms. The van der Waals surface area contributed by atoms with Crippen molar-refractivity contribution in [2.24, 2.45) is 0 Å². The van der Waals surface area contributed by atoms with Gasteiger partial charge in [0.05, 0.1) is 6.04 Å². The number of amides is 2. The number of rotatable bonds is 3. The lowest BCUT2D eigenvalue weighted by atomic mass is 10.1. The second-order valence-corrected chi connectivity index (χ2v) is 6.41. The molecule has 2 amide bonds. The summed E-state index contributed by atoms with van der Waals surface area (Å²) in [4.78, 5) is 27.1. The molecule has 1 aliphatic heterocycles. The molecule has 1 N–H and O–H groups in total. The summed E-state index contributed by atoms with van der Waals surface area (Å²) in [6.07, 6.45) is 2.04. The van der Waals surface area contributed by atoms with Gasteiger partial charge < -0.3 is 10.2 Å². The lowest BCUT2D eigenvalue weighted by molar-refractivity contribution is -0.114. The summed E-state index contributed by atoms with van der Waals surface area (Å²) >= 11 is 1.70. The van der Waals surface area contributed by atoms with Crippen LogP contribution in [0.15, 0.2) is 41.8 Å². The van der Waals surface area contributed by atoms with Crippen LogP contribution in [-0.4, -0.2) is 23.3 Å². The van der Waals surface area contributed by atoms with E-state index in [0.29, 0.717) is 11.3 Å². The van der Waals surface area contributed by atoms with Crippen LogP contribution < -0.4 is 5.32 Å². The van der Waals surface area contributed by atoms with Gasteiger partial charge in [0.25, 0.3) is 5.91 Å². The Morgan fingerprint density at radius 1 is 1.27 bits per heavy atom. The van der Waals surface area contributed by atoms with E-state index in [1.165, 1.54) is 11.8 Å². The maximum absolute atomic E-state index is 12.8. The number of carbonyl (C=O) groups is 2. The van der Waals surface area contributed by atoms with Gasteiger partial charge in [0.1, 0.15) is 0 Å². The lowest BCUT2D eigenvalue weighted by Gasteiger charge is -2.24. The lowest BCUT2D eigenvalue weighted by Crippen LogP contribution is -2.30. The first kappa shape index (κ1) is 14.8. The number of nitrogens with one attached hydrogen (secondary N) is 1. The van der Waals surface area contributed by atoms with E-state index in [-0.39, 0.29) is 17.9 Å². The van der Waals surface area contributed by atoms with E-state index in [0.717, 1.165) is 19.4 Å². The molecule has 0 saturated carbocycles. The van der Waals surface area contributed by atoms with E-state index in [1.807, 2.05) is 16.3 Å². The van der Waals surface area contributed by atoms with Crippen molar-refractivity contribution in [1.82, 2.24) is 4.90 Å². The van der Waals surface area contributed by atoms with Crippen LogP contribution in [0.1, 0.15) is 41.0 Å². The Bertz CT molecular complexity index is 682. The van der Waals surface area contributed by atoms with Crippen LogP contribution in [0, 0.1) is 0 Å². The molecule has 1 unspecified atom stereocenters. The summed E-state index contributed by atoms with van der Waals surface area (Å²) in [5.41, 5.74) is 1.28. The SMILES string of the molecule is CC(=O)Nc1cccc(C(=O)N2CCCC2c2cccs2)c1. The Morgan fingerprint density at radius 3 is 2.86 bits per heavy atom. The molecule has 114 valence electrons. The molecule has 2 aromatic rings. The zero-order valence-corrected chi connectivity index (χ0v) is 13.2. The van der Waals surface area contributed by atoms with E-state index >= 15 is 0 Å².